The molecule has 0 saturated heterocycles. The van der Waals surface area contributed by atoms with E-state index in [4.69, 9.17) is 4.74 Å². The summed E-state index contributed by atoms with van der Waals surface area (Å²) in [4.78, 5) is 23.4. The molecule has 1 aromatic carbocycles. The van der Waals surface area contributed by atoms with Gasteiger partial charge in [0.15, 0.2) is 11.0 Å². The fourth-order valence-electron chi connectivity index (χ4n) is 2.24. The van der Waals surface area contributed by atoms with E-state index < -0.39 is 0 Å². The van der Waals surface area contributed by atoms with Crippen LogP contribution < -0.4 is 15.4 Å². The van der Waals surface area contributed by atoms with Crippen LogP contribution in [0.5, 0.6) is 5.75 Å². The van der Waals surface area contributed by atoms with E-state index in [2.05, 4.69) is 20.8 Å². The molecule has 0 saturated carbocycles. The summed E-state index contributed by atoms with van der Waals surface area (Å²) in [5.74, 6) is 1.05. The molecule has 0 unspecified atom stereocenters. The van der Waals surface area contributed by atoms with Crippen molar-refractivity contribution in [1.29, 1.82) is 0 Å². The molecule has 0 aliphatic carbocycles. The van der Waals surface area contributed by atoms with E-state index >= 15 is 0 Å². The SMILES string of the molecule is COc1ccccc1-c1nnc(SCC(=O)NCC(=O)NC(C)C)n1C. The van der Waals surface area contributed by atoms with Gasteiger partial charge in [0, 0.05) is 13.1 Å². The number of para-hydroxylation sites is 1. The van der Waals surface area contributed by atoms with E-state index in [1.165, 1.54) is 11.8 Å². The molecule has 0 radical (unpaired) electrons. The van der Waals surface area contributed by atoms with Gasteiger partial charge in [0.05, 0.1) is 25.0 Å². The Labute approximate surface area is 156 Å². The molecule has 0 aliphatic rings. The van der Waals surface area contributed by atoms with Crippen LogP contribution >= 0.6 is 11.8 Å². The van der Waals surface area contributed by atoms with Crippen LogP contribution in [0.2, 0.25) is 0 Å². The zero-order valence-electron chi connectivity index (χ0n) is 15.3. The molecule has 0 atom stereocenters. The summed E-state index contributed by atoms with van der Waals surface area (Å²) in [6, 6.07) is 7.58. The fraction of sp³-hybridized carbons (Fsp3) is 0.412. The van der Waals surface area contributed by atoms with Gasteiger partial charge in [-0.3, -0.25) is 9.59 Å². The van der Waals surface area contributed by atoms with Crippen LogP contribution in [0.25, 0.3) is 11.4 Å². The first-order valence-electron chi connectivity index (χ1n) is 8.14. The summed E-state index contributed by atoms with van der Waals surface area (Å²) < 4.78 is 7.16. The summed E-state index contributed by atoms with van der Waals surface area (Å²) >= 11 is 1.25. The average Bonchev–Trinajstić information content (AvgIpc) is 2.98. The number of rotatable bonds is 8. The molecule has 8 nitrogen and oxygen atoms in total. The topological polar surface area (TPSA) is 98.1 Å². The van der Waals surface area contributed by atoms with Crippen LogP contribution in [-0.2, 0) is 16.6 Å². The Hall–Kier alpha value is -2.55. The van der Waals surface area contributed by atoms with Crippen molar-refractivity contribution in [3.05, 3.63) is 24.3 Å². The molecule has 0 aliphatic heterocycles. The van der Waals surface area contributed by atoms with Gasteiger partial charge in [-0.2, -0.15) is 0 Å². The molecule has 140 valence electrons. The van der Waals surface area contributed by atoms with Crippen LogP contribution in [0.3, 0.4) is 0 Å². The molecule has 2 N–H and O–H groups in total. The number of hydrogen-bond acceptors (Lipinski definition) is 6. The molecule has 1 aromatic heterocycles. The summed E-state index contributed by atoms with van der Waals surface area (Å²) in [5, 5.41) is 14.2. The van der Waals surface area contributed by atoms with Crippen molar-refractivity contribution in [3.63, 3.8) is 0 Å². The summed E-state index contributed by atoms with van der Waals surface area (Å²) in [6.45, 7) is 3.69. The van der Waals surface area contributed by atoms with Gasteiger partial charge >= 0.3 is 0 Å². The number of carbonyl (C=O) groups excluding carboxylic acids is 2. The lowest BCUT2D eigenvalue weighted by Crippen LogP contribution is -2.40. The quantitative estimate of drug-likeness (QED) is 0.672. The maximum absolute atomic E-state index is 11.9. The predicted molar refractivity (Wildman–Crippen MR) is 100 cm³/mol. The monoisotopic (exact) mass is 377 g/mol. The number of ether oxygens (including phenoxy) is 1. The van der Waals surface area contributed by atoms with Gasteiger partial charge in [0.25, 0.3) is 0 Å². The summed E-state index contributed by atoms with van der Waals surface area (Å²) in [6.07, 6.45) is 0. The highest BCUT2D eigenvalue weighted by molar-refractivity contribution is 7.99. The second-order valence-corrected chi connectivity index (χ2v) is 6.80. The summed E-state index contributed by atoms with van der Waals surface area (Å²) in [5.41, 5.74) is 0.826. The number of aromatic nitrogens is 3. The highest BCUT2D eigenvalue weighted by Gasteiger charge is 2.16. The number of thioether (sulfide) groups is 1. The molecule has 9 heteroatoms. The minimum Gasteiger partial charge on any atom is -0.496 e. The number of nitrogens with one attached hydrogen (secondary N) is 2. The van der Waals surface area contributed by atoms with E-state index in [1.807, 2.05) is 45.2 Å². The minimum absolute atomic E-state index is 0.0388. The minimum atomic E-state index is -0.240. The Morgan fingerprint density at radius 2 is 1.96 bits per heavy atom. The molecular formula is C17H23N5O3S. The Balaban J connectivity index is 1.94. The largest absolute Gasteiger partial charge is 0.496 e. The molecule has 26 heavy (non-hydrogen) atoms. The molecular weight excluding hydrogens is 354 g/mol. The third kappa shape index (κ3) is 5.22. The first-order chi connectivity index (χ1) is 12.4. The predicted octanol–water partition coefficient (Wildman–Crippen LogP) is 1.22. The molecule has 0 bridgehead atoms. The van der Waals surface area contributed by atoms with E-state index in [0.29, 0.717) is 16.7 Å². The van der Waals surface area contributed by atoms with Crippen LogP contribution in [0.1, 0.15) is 13.8 Å². The first-order valence-corrected chi connectivity index (χ1v) is 9.12. The second-order valence-electron chi connectivity index (χ2n) is 5.85. The van der Waals surface area contributed by atoms with Crippen molar-refractivity contribution < 1.29 is 14.3 Å². The summed E-state index contributed by atoms with van der Waals surface area (Å²) in [7, 11) is 3.43. The number of hydrogen-bond donors (Lipinski definition) is 2. The van der Waals surface area contributed by atoms with E-state index in [-0.39, 0.29) is 30.2 Å². The number of amides is 2. The van der Waals surface area contributed by atoms with Crippen molar-refractivity contribution in [2.45, 2.75) is 25.0 Å². The number of benzene rings is 1. The number of carbonyl (C=O) groups is 2. The fourth-order valence-corrected chi connectivity index (χ4v) is 2.98. The third-order valence-corrected chi connectivity index (χ3v) is 4.43. The molecule has 0 fully saturated rings. The van der Waals surface area contributed by atoms with E-state index in [1.54, 1.807) is 11.7 Å². The molecule has 2 rings (SSSR count). The maximum atomic E-state index is 11.9. The zero-order valence-corrected chi connectivity index (χ0v) is 16.1. The van der Waals surface area contributed by atoms with Gasteiger partial charge in [-0.25, -0.2) is 0 Å². The molecule has 2 amide bonds. The standard InChI is InChI=1S/C17H23N5O3S/c1-11(2)19-14(23)9-18-15(24)10-26-17-21-20-16(22(17)3)12-7-5-6-8-13(12)25-4/h5-8,11H,9-10H2,1-4H3,(H,18,24)(H,19,23). The third-order valence-electron chi connectivity index (χ3n) is 3.41. The van der Waals surface area contributed by atoms with E-state index in [0.717, 1.165) is 5.56 Å². The lowest BCUT2D eigenvalue weighted by atomic mass is 10.2. The van der Waals surface area contributed by atoms with Crippen LogP contribution in [0.15, 0.2) is 29.4 Å². The van der Waals surface area contributed by atoms with Crippen molar-refractivity contribution in [1.82, 2.24) is 25.4 Å². The van der Waals surface area contributed by atoms with Gasteiger partial charge in [0.2, 0.25) is 11.8 Å². The lowest BCUT2D eigenvalue weighted by Gasteiger charge is -2.09. The van der Waals surface area contributed by atoms with Crippen LogP contribution in [-0.4, -0.2) is 52.0 Å². The van der Waals surface area contributed by atoms with Gasteiger partial charge in [0.1, 0.15) is 5.75 Å². The first kappa shape index (κ1) is 19.8. The molecule has 1 heterocycles. The van der Waals surface area contributed by atoms with Crippen molar-refractivity contribution in [3.8, 4) is 17.1 Å². The Bertz CT molecular complexity index is 776. The van der Waals surface area contributed by atoms with Crippen LogP contribution in [0, 0.1) is 0 Å². The normalized spacial score (nSPS) is 10.7. The highest BCUT2D eigenvalue weighted by Crippen LogP contribution is 2.29. The smallest absolute Gasteiger partial charge is 0.239 e. The van der Waals surface area contributed by atoms with Crippen molar-refractivity contribution in [2.75, 3.05) is 19.4 Å². The number of nitrogens with zero attached hydrogens (tertiary/aromatic N) is 3. The zero-order chi connectivity index (χ0) is 19.1. The Morgan fingerprint density at radius 1 is 1.23 bits per heavy atom. The van der Waals surface area contributed by atoms with Gasteiger partial charge in [-0.1, -0.05) is 23.9 Å². The average molecular weight is 377 g/mol. The number of methoxy groups -OCH3 is 1. The van der Waals surface area contributed by atoms with Crippen molar-refractivity contribution in [2.24, 2.45) is 7.05 Å². The van der Waals surface area contributed by atoms with Crippen molar-refractivity contribution >= 4 is 23.6 Å². The van der Waals surface area contributed by atoms with Gasteiger partial charge < -0.3 is 19.9 Å². The lowest BCUT2D eigenvalue weighted by molar-refractivity contribution is -0.125. The Morgan fingerprint density at radius 3 is 2.65 bits per heavy atom. The van der Waals surface area contributed by atoms with Gasteiger partial charge in [-0.05, 0) is 26.0 Å². The van der Waals surface area contributed by atoms with Crippen LogP contribution in [0.4, 0.5) is 0 Å². The van der Waals surface area contributed by atoms with Gasteiger partial charge in [-0.15, -0.1) is 10.2 Å². The highest BCUT2D eigenvalue weighted by atomic mass is 32.2. The molecule has 0 spiro atoms. The van der Waals surface area contributed by atoms with E-state index in [9.17, 15) is 9.59 Å². The molecule has 2 aromatic rings. The maximum Gasteiger partial charge on any atom is 0.239 e. The Kier molecular flexibility index (Phi) is 7.02. The second kappa shape index (κ2) is 9.23.